The van der Waals surface area contributed by atoms with Gasteiger partial charge in [0.15, 0.2) is 0 Å². The second kappa shape index (κ2) is 8.60. The van der Waals surface area contributed by atoms with Crippen LogP contribution in [0.4, 0.5) is 18.9 Å². The van der Waals surface area contributed by atoms with E-state index in [1.807, 2.05) is 0 Å². The Hall–Kier alpha value is -2.20. The number of aliphatic hydroxyl groups is 1. The fourth-order valence-electron chi connectivity index (χ4n) is 1.94. The molecule has 1 amide bonds. The van der Waals surface area contributed by atoms with Crippen molar-refractivity contribution in [2.45, 2.75) is 12.6 Å². The molecule has 0 saturated heterocycles. The van der Waals surface area contributed by atoms with E-state index in [-0.39, 0.29) is 31.8 Å². The summed E-state index contributed by atoms with van der Waals surface area (Å²) in [5.41, 5.74) is -1.05. The first-order valence-electron chi connectivity index (χ1n) is 6.98. The number of hydrogen-bond donors (Lipinski definition) is 3. The molecular weight excluding hydrogens is 331 g/mol. The highest BCUT2D eigenvalue weighted by Crippen LogP contribution is 2.27. The van der Waals surface area contributed by atoms with Crippen LogP contribution in [-0.4, -0.2) is 58.7 Å². The highest BCUT2D eigenvalue weighted by atomic mass is 19.4. The maximum atomic E-state index is 12.4. The van der Waals surface area contributed by atoms with E-state index in [4.69, 9.17) is 10.2 Å². The monoisotopic (exact) mass is 349 g/mol. The number of aliphatic carboxylic acids is 1. The van der Waals surface area contributed by atoms with E-state index in [1.165, 1.54) is 0 Å². The summed E-state index contributed by atoms with van der Waals surface area (Å²) >= 11 is 0. The standard InChI is InChI=1S/C14H18F3N3O4/c1-20(4-5-21)8-9(13(23)24)6-12(22)19-10-2-3-11(18-7-10)14(15,16)17/h2-3,7,9,21H,4-6,8H2,1H3,(H,19,22)(H,23,24). The summed E-state index contributed by atoms with van der Waals surface area (Å²) in [5, 5.41) is 20.2. The molecule has 0 fully saturated rings. The summed E-state index contributed by atoms with van der Waals surface area (Å²) < 4.78 is 37.2. The Morgan fingerprint density at radius 3 is 2.50 bits per heavy atom. The number of likely N-dealkylation sites (N-methyl/N-ethyl adjacent to an activating group) is 1. The molecule has 0 radical (unpaired) electrons. The van der Waals surface area contributed by atoms with Crippen molar-refractivity contribution in [1.29, 1.82) is 0 Å². The zero-order chi connectivity index (χ0) is 18.3. The number of carboxylic acid groups (broad SMARTS) is 1. The van der Waals surface area contributed by atoms with Gasteiger partial charge in [-0.3, -0.25) is 9.59 Å². The van der Waals surface area contributed by atoms with E-state index in [0.29, 0.717) is 0 Å². The number of hydrogen-bond acceptors (Lipinski definition) is 5. The van der Waals surface area contributed by atoms with Gasteiger partial charge in [-0.15, -0.1) is 0 Å². The molecular formula is C14H18F3N3O4. The highest BCUT2D eigenvalue weighted by Gasteiger charge is 2.32. The van der Waals surface area contributed by atoms with Crippen LogP contribution in [0.2, 0.25) is 0 Å². The molecule has 0 saturated carbocycles. The summed E-state index contributed by atoms with van der Waals surface area (Å²) in [5.74, 6) is -2.84. The summed E-state index contributed by atoms with van der Waals surface area (Å²) in [6.45, 7) is 0.162. The maximum Gasteiger partial charge on any atom is 0.433 e. The van der Waals surface area contributed by atoms with Gasteiger partial charge in [-0.1, -0.05) is 0 Å². The van der Waals surface area contributed by atoms with Crippen molar-refractivity contribution in [3.05, 3.63) is 24.0 Å². The number of nitrogens with one attached hydrogen (secondary N) is 1. The number of amides is 1. The van der Waals surface area contributed by atoms with E-state index in [1.54, 1.807) is 11.9 Å². The molecule has 1 aromatic rings. The van der Waals surface area contributed by atoms with Crippen molar-refractivity contribution >= 4 is 17.6 Å². The van der Waals surface area contributed by atoms with Crippen molar-refractivity contribution in [2.75, 3.05) is 32.1 Å². The minimum atomic E-state index is -4.58. The predicted octanol–water partition coefficient (Wildman–Crippen LogP) is 1.05. The molecule has 10 heteroatoms. The lowest BCUT2D eigenvalue weighted by atomic mass is 10.0. The van der Waals surface area contributed by atoms with Crippen LogP contribution in [0.3, 0.4) is 0 Å². The molecule has 0 aliphatic rings. The van der Waals surface area contributed by atoms with Crippen LogP contribution in [0.5, 0.6) is 0 Å². The smallest absolute Gasteiger partial charge is 0.433 e. The quantitative estimate of drug-likeness (QED) is 0.648. The largest absolute Gasteiger partial charge is 0.481 e. The second-order valence-electron chi connectivity index (χ2n) is 5.20. The van der Waals surface area contributed by atoms with Crippen LogP contribution in [0.1, 0.15) is 12.1 Å². The SMILES string of the molecule is CN(CCO)CC(CC(=O)Nc1ccc(C(F)(F)F)nc1)C(=O)O. The molecule has 3 N–H and O–H groups in total. The average Bonchev–Trinajstić information content (AvgIpc) is 2.46. The molecule has 1 aromatic heterocycles. The van der Waals surface area contributed by atoms with Gasteiger partial charge in [0.1, 0.15) is 5.69 Å². The van der Waals surface area contributed by atoms with Gasteiger partial charge < -0.3 is 20.4 Å². The first-order valence-corrected chi connectivity index (χ1v) is 6.98. The normalized spacial score (nSPS) is 12.9. The highest BCUT2D eigenvalue weighted by molar-refractivity contribution is 5.93. The Balaban J connectivity index is 2.64. The lowest BCUT2D eigenvalue weighted by molar-refractivity contribution is -0.144. The molecule has 0 aliphatic heterocycles. The van der Waals surface area contributed by atoms with Gasteiger partial charge in [-0.2, -0.15) is 13.2 Å². The molecule has 24 heavy (non-hydrogen) atoms. The number of pyridine rings is 1. The van der Waals surface area contributed by atoms with Crippen LogP contribution in [0.15, 0.2) is 18.3 Å². The maximum absolute atomic E-state index is 12.4. The van der Waals surface area contributed by atoms with Gasteiger partial charge in [0.05, 0.1) is 24.4 Å². The molecule has 0 aliphatic carbocycles. The molecule has 1 atom stereocenters. The van der Waals surface area contributed by atoms with Crippen molar-refractivity contribution in [3.63, 3.8) is 0 Å². The fourth-order valence-corrected chi connectivity index (χ4v) is 1.94. The van der Waals surface area contributed by atoms with E-state index in [9.17, 15) is 22.8 Å². The molecule has 134 valence electrons. The summed E-state index contributed by atoms with van der Waals surface area (Å²) in [4.78, 5) is 27.8. The molecule has 1 rings (SSSR count). The number of anilines is 1. The van der Waals surface area contributed by atoms with Crippen molar-refractivity contribution in [3.8, 4) is 0 Å². The Morgan fingerprint density at radius 2 is 2.04 bits per heavy atom. The number of alkyl halides is 3. The third kappa shape index (κ3) is 6.50. The Labute approximate surface area is 136 Å². The minimum Gasteiger partial charge on any atom is -0.481 e. The third-order valence-electron chi connectivity index (χ3n) is 3.13. The average molecular weight is 349 g/mol. The molecule has 7 nitrogen and oxygen atoms in total. The van der Waals surface area contributed by atoms with Crippen LogP contribution >= 0.6 is 0 Å². The number of aliphatic hydroxyl groups excluding tert-OH is 1. The predicted molar refractivity (Wildman–Crippen MR) is 78.2 cm³/mol. The molecule has 1 heterocycles. The second-order valence-corrected chi connectivity index (χ2v) is 5.20. The lowest BCUT2D eigenvalue weighted by Crippen LogP contribution is -2.34. The number of carbonyl (C=O) groups is 2. The Morgan fingerprint density at radius 1 is 1.38 bits per heavy atom. The summed E-state index contributed by atoms with van der Waals surface area (Å²) in [7, 11) is 1.60. The zero-order valence-corrected chi connectivity index (χ0v) is 12.9. The van der Waals surface area contributed by atoms with Gasteiger partial charge in [0.25, 0.3) is 0 Å². The van der Waals surface area contributed by atoms with Gasteiger partial charge in [0, 0.05) is 19.5 Å². The van der Waals surface area contributed by atoms with Gasteiger partial charge in [-0.05, 0) is 19.2 Å². The number of aromatic nitrogens is 1. The molecule has 1 unspecified atom stereocenters. The number of carbonyl (C=O) groups excluding carboxylic acids is 1. The first kappa shape index (κ1) is 19.8. The number of rotatable bonds is 8. The molecule has 0 spiro atoms. The van der Waals surface area contributed by atoms with Crippen LogP contribution in [0, 0.1) is 5.92 Å². The topological polar surface area (TPSA) is 103 Å². The van der Waals surface area contributed by atoms with E-state index in [2.05, 4.69) is 10.3 Å². The van der Waals surface area contributed by atoms with E-state index in [0.717, 1.165) is 18.3 Å². The van der Waals surface area contributed by atoms with Crippen LogP contribution in [0.25, 0.3) is 0 Å². The third-order valence-corrected chi connectivity index (χ3v) is 3.13. The number of halogens is 3. The first-order chi connectivity index (χ1) is 11.1. The van der Waals surface area contributed by atoms with Gasteiger partial charge in [-0.25, -0.2) is 4.98 Å². The summed E-state index contributed by atoms with van der Waals surface area (Å²) in [6, 6.07) is 1.76. The van der Waals surface area contributed by atoms with Crippen molar-refractivity contribution in [2.24, 2.45) is 5.92 Å². The zero-order valence-electron chi connectivity index (χ0n) is 12.9. The van der Waals surface area contributed by atoms with Gasteiger partial charge >= 0.3 is 12.1 Å². The van der Waals surface area contributed by atoms with E-state index < -0.39 is 29.7 Å². The molecule has 0 bridgehead atoms. The lowest BCUT2D eigenvalue weighted by Gasteiger charge is -2.20. The van der Waals surface area contributed by atoms with Gasteiger partial charge in [0.2, 0.25) is 5.91 Å². The number of carboxylic acids is 1. The number of nitrogens with zero attached hydrogens (tertiary/aromatic N) is 2. The fraction of sp³-hybridized carbons (Fsp3) is 0.500. The van der Waals surface area contributed by atoms with Crippen molar-refractivity contribution in [1.82, 2.24) is 9.88 Å². The molecule has 0 aromatic carbocycles. The van der Waals surface area contributed by atoms with Crippen LogP contribution in [-0.2, 0) is 15.8 Å². The van der Waals surface area contributed by atoms with E-state index >= 15 is 0 Å². The summed E-state index contributed by atoms with van der Waals surface area (Å²) in [6.07, 6.45) is -4.07. The van der Waals surface area contributed by atoms with Crippen LogP contribution < -0.4 is 5.32 Å². The Kier molecular flexibility index (Phi) is 7.11. The minimum absolute atomic E-state index is 0.0425. The Bertz CT molecular complexity index is 563. The van der Waals surface area contributed by atoms with Crippen molar-refractivity contribution < 1.29 is 33.0 Å².